The number of halogens is 1. The van der Waals surface area contributed by atoms with Crippen LogP contribution in [-0.2, 0) is 4.74 Å². The van der Waals surface area contributed by atoms with Crippen LogP contribution in [0.15, 0.2) is 22.6 Å². The minimum Gasteiger partial charge on any atom is -0.451 e. The first-order valence-electron chi connectivity index (χ1n) is 8.39. The number of carbonyl (C=O) groups excluding carboxylic acids is 1. The summed E-state index contributed by atoms with van der Waals surface area (Å²) >= 11 is 6.04. The number of hydrogen-bond acceptors (Lipinski definition) is 4. The third kappa shape index (κ3) is 3.58. The van der Waals surface area contributed by atoms with Crippen LogP contribution >= 0.6 is 11.6 Å². The maximum atomic E-state index is 12.8. The van der Waals surface area contributed by atoms with Crippen LogP contribution in [0.3, 0.4) is 0 Å². The molecule has 1 amide bonds. The van der Waals surface area contributed by atoms with E-state index in [1.165, 1.54) is 0 Å². The summed E-state index contributed by atoms with van der Waals surface area (Å²) < 4.78 is 11.6. The van der Waals surface area contributed by atoms with Gasteiger partial charge in [-0.25, -0.2) is 0 Å². The highest BCUT2D eigenvalue weighted by Crippen LogP contribution is 2.29. The number of benzene rings is 1. The number of likely N-dealkylation sites (tertiary alicyclic amines) is 1. The van der Waals surface area contributed by atoms with Crippen LogP contribution in [0.25, 0.3) is 11.0 Å². The van der Waals surface area contributed by atoms with Crippen molar-refractivity contribution in [2.75, 3.05) is 26.2 Å². The van der Waals surface area contributed by atoms with Crippen molar-refractivity contribution in [3.63, 3.8) is 0 Å². The summed E-state index contributed by atoms with van der Waals surface area (Å²) in [6.45, 7) is 4.61. The van der Waals surface area contributed by atoms with Crippen LogP contribution < -0.4 is 5.73 Å². The first-order valence-corrected chi connectivity index (χ1v) is 8.77. The highest BCUT2D eigenvalue weighted by Gasteiger charge is 2.27. The van der Waals surface area contributed by atoms with E-state index in [4.69, 9.17) is 26.5 Å². The molecule has 1 aromatic heterocycles. The van der Waals surface area contributed by atoms with Crippen molar-refractivity contribution in [1.29, 1.82) is 0 Å². The Balaban J connectivity index is 1.66. The van der Waals surface area contributed by atoms with Crippen molar-refractivity contribution in [1.82, 2.24) is 4.90 Å². The van der Waals surface area contributed by atoms with Gasteiger partial charge in [-0.2, -0.15) is 0 Å². The number of carbonyl (C=O) groups is 1. The Labute approximate surface area is 146 Å². The van der Waals surface area contributed by atoms with E-state index in [-0.39, 0.29) is 12.0 Å². The lowest BCUT2D eigenvalue weighted by atomic mass is 10.1. The molecule has 6 heteroatoms. The number of nitrogens with two attached hydrogens (primary N) is 1. The second-order valence-corrected chi connectivity index (χ2v) is 6.64. The predicted molar refractivity (Wildman–Crippen MR) is 94.5 cm³/mol. The monoisotopic (exact) mass is 350 g/mol. The highest BCUT2D eigenvalue weighted by molar-refractivity contribution is 6.31. The Morgan fingerprint density at radius 3 is 2.88 bits per heavy atom. The van der Waals surface area contributed by atoms with E-state index in [2.05, 4.69) is 0 Å². The quantitative estimate of drug-likeness (QED) is 0.839. The van der Waals surface area contributed by atoms with Gasteiger partial charge in [0.2, 0.25) is 0 Å². The van der Waals surface area contributed by atoms with Gasteiger partial charge < -0.3 is 19.8 Å². The fourth-order valence-electron chi connectivity index (χ4n) is 3.10. The van der Waals surface area contributed by atoms with E-state index in [0.29, 0.717) is 42.6 Å². The van der Waals surface area contributed by atoms with Gasteiger partial charge in [-0.15, -0.1) is 0 Å². The first kappa shape index (κ1) is 17.3. The molecule has 0 saturated carbocycles. The summed E-state index contributed by atoms with van der Waals surface area (Å²) in [7, 11) is 0. The average molecular weight is 351 g/mol. The normalized spacial score (nSPS) is 16.0. The molecule has 0 aliphatic carbocycles. The number of rotatable bonds is 5. The molecular formula is C18H23ClN2O3. The van der Waals surface area contributed by atoms with Gasteiger partial charge in [-0.3, -0.25) is 4.79 Å². The lowest BCUT2D eigenvalue weighted by molar-refractivity contribution is 0.00767. The summed E-state index contributed by atoms with van der Waals surface area (Å²) in [4.78, 5) is 14.6. The van der Waals surface area contributed by atoms with Crippen molar-refractivity contribution in [3.8, 4) is 0 Å². The Hall–Kier alpha value is -1.56. The number of hydrogen-bond donors (Lipinski definition) is 1. The summed E-state index contributed by atoms with van der Waals surface area (Å²) in [6.07, 6.45) is 2.79. The maximum Gasteiger partial charge on any atom is 0.289 e. The lowest BCUT2D eigenvalue weighted by Crippen LogP contribution is -2.41. The number of amides is 1. The van der Waals surface area contributed by atoms with E-state index < -0.39 is 0 Å². The van der Waals surface area contributed by atoms with Gasteiger partial charge in [0.05, 0.1) is 6.10 Å². The topological polar surface area (TPSA) is 68.7 Å². The van der Waals surface area contributed by atoms with E-state index in [1.807, 2.05) is 17.9 Å². The number of furan rings is 1. The van der Waals surface area contributed by atoms with Gasteiger partial charge in [0.25, 0.3) is 5.91 Å². The van der Waals surface area contributed by atoms with Crippen molar-refractivity contribution < 1.29 is 13.9 Å². The van der Waals surface area contributed by atoms with Gasteiger partial charge in [0.15, 0.2) is 5.76 Å². The minimum absolute atomic E-state index is 0.0553. The Kier molecular flexibility index (Phi) is 5.43. The number of aryl methyl sites for hydroxylation is 1. The molecule has 0 atom stereocenters. The molecule has 0 radical (unpaired) electrons. The summed E-state index contributed by atoms with van der Waals surface area (Å²) in [5, 5.41) is 1.53. The molecule has 3 rings (SSSR count). The molecule has 130 valence electrons. The zero-order valence-corrected chi connectivity index (χ0v) is 14.6. The van der Waals surface area contributed by atoms with Gasteiger partial charge in [0, 0.05) is 35.7 Å². The Morgan fingerprint density at radius 1 is 1.42 bits per heavy atom. The molecule has 1 aliphatic rings. The van der Waals surface area contributed by atoms with Crippen LogP contribution in [0.5, 0.6) is 0 Å². The second kappa shape index (κ2) is 7.55. The van der Waals surface area contributed by atoms with E-state index in [9.17, 15) is 4.79 Å². The molecule has 2 aromatic rings. The van der Waals surface area contributed by atoms with Crippen molar-refractivity contribution in [3.05, 3.63) is 34.5 Å². The minimum atomic E-state index is -0.0553. The molecule has 0 bridgehead atoms. The standard InChI is InChI=1S/C18H23ClN2O3/c1-12-15-11-13(19)3-4-16(15)24-17(12)18(22)21-8-5-14(6-9-21)23-10-2-7-20/h3-4,11,14H,2,5-10,20H2,1H3. The van der Waals surface area contributed by atoms with Gasteiger partial charge >= 0.3 is 0 Å². The van der Waals surface area contributed by atoms with E-state index in [1.54, 1.807) is 12.1 Å². The van der Waals surface area contributed by atoms with Crippen LogP contribution in [0.4, 0.5) is 0 Å². The molecule has 1 aliphatic heterocycles. The van der Waals surface area contributed by atoms with Crippen molar-refractivity contribution in [2.24, 2.45) is 5.73 Å². The van der Waals surface area contributed by atoms with Gasteiger partial charge in [-0.1, -0.05) is 11.6 Å². The van der Waals surface area contributed by atoms with Crippen LogP contribution in [0.1, 0.15) is 35.4 Å². The van der Waals surface area contributed by atoms with E-state index in [0.717, 1.165) is 30.2 Å². The maximum absolute atomic E-state index is 12.8. The fraction of sp³-hybridized carbons (Fsp3) is 0.500. The Bertz CT molecular complexity index is 720. The summed E-state index contributed by atoms with van der Waals surface area (Å²) in [5.41, 5.74) is 7.01. The molecular weight excluding hydrogens is 328 g/mol. The molecule has 0 spiro atoms. The lowest BCUT2D eigenvalue weighted by Gasteiger charge is -2.31. The number of nitrogens with zero attached hydrogens (tertiary/aromatic N) is 1. The summed E-state index contributed by atoms with van der Waals surface area (Å²) in [6, 6.07) is 5.41. The highest BCUT2D eigenvalue weighted by atomic mass is 35.5. The van der Waals surface area contributed by atoms with Crippen LogP contribution in [0.2, 0.25) is 5.02 Å². The SMILES string of the molecule is Cc1c(C(=O)N2CCC(OCCCN)CC2)oc2ccc(Cl)cc12. The molecule has 1 saturated heterocycles. The zero-order valence-electron chi connectivity index (χ0n) is 13.9. The van der Waals surface area contributed by atoms with Gasteiger partial charge in [-0.05, 0) is 50.9 Å². The Morgan fingerprint density at radius 2 is 2.17 bits per heavy atom. The van der Waals surface area contributed by atoms with Crippen LogP contribution in [0, 0.1) is 6.92 Å². The molecule has 2 N–H and O–H groups in total. The number of piperidine rings is 1. The van der Waals surface area contributed by atoms with Crippen LogP contribution in [-0.4, -0.2) is 43.2 Å². The molecule has 24 heavy (non-hydrogen) atoms. The average Bonchev–Trinajstić information content (AvgIpc) is 2.92. The second-order valence-electron chi connectivity index (χ2n) is 6.20. The summed E-state index contributed by atoms with van der Waals surface area (Å²) in [5.74, 6) is 0.356. The van der Waals surface area contributed by atoms with Crippen molar-refractivity contribution >= 4 is 28.5 Å². The number of ether oxygens (including phenoxy) is 1. The predicted octanol–water partition coefficient (Wildman–Crippen LogP) is 3.36. The van der Waals surface area contributed by atoms with Crippen molar-refractivity contribution in [2.45, 2.75) is 32.3 Å². The first-order chi connectivity index (χ1) is 11.6. The fourth-order valence-corrected chi connectivity index (χ4v) is 3.27. The molecule has 2 heterocycles. The third-order valence-electron chi connectivity index (χ3n) is 4.52. The molecule has 1 aromatic carbocycles. The van der Waals surface area contributed by atoms with E-state index >= 15 is 0 Å². The largest absolute Gasteiger partial charge is 0.451 e. The smallest absolute Gasteiger partial charge is 0.289 e. The zero-order chi connectivity index (χ0) is 17.1. The third-order valence-corrected chi connectivity index (χ3v) is 4.76. The number of fused-ring (bicyclic) bond motifs is 1. The molecule has 1 fully saturated rings. The molecule has 5 nitrogen and oxygen atoms in total. The molecule has 0 unspecified atom stereocenters. The van der Waals surface area contributed by atoms with Gasteiger partial charge in [0.1, 0.15) is 5.58 Å².